The summed E-state index contributed by atoms with van der Waals surface area (Å²) in [5.74, 6) is -0.260. The van der Waals surface area contributed by atoms with E-state index in [0.717, 1.165) is 18.8 Å². The molecule has 1 aromatic heterocycles. The van der Waals surface area contributed by atoms with Crippen molar-refractivity contribution >= 4 is 40.7 Å². The average molecular weight is 451 g/mol. The van der Waals surface area contributed by atoms with Gasteiger partial charge in [0.2, 0.25) is 11.8 Å². The summed E-state index contributed by atoms with van der Waals surface area (Å²) >= 11 is 12.1. The van der Waals surface area contributed by atoms with E-state index < -0.39 is 5.91 Å². The second-order valence-corrected chi connectivity index (χ2v) is 8.05. The van der Waals surface area contributed by atoms with Crippen molar-refractivity contribution in [2.24, 2.45) is 0 Å². The first-order chi connectivity index (χ1) is 14.3. The number of halogens is 2. The van der Waals surface area contributed by atoms with Gasteiger partial charge >= 0.3 is 0 Å². The molecule has 1 fully saturated rings. The van der Waals surface area contributed by atoms with Crippen LogP contribution in [0.3, 0.4) is 0 Å². The Morgan fingerprint density at radius 2 is 1.80 bits per heavy atom. The number of hydrogen-bond acceptors (Lipinski definition) is 5. The van der Waals surface area contributed by atoms with Crippen LogP contribution in [0.15, 0.2) is 36.5 Å². The molecule has 1 aliphatic rings. The molecule has 1 aliphatic heterocycles. The van der Waals surface area contributed by atoms with Gasteiger partial charge in [-0.05, 0) is 44.2 Å². The molecular weight excluding hydrogens is 427 g/mol. The zero-order valence-electron chi connectivity index (χ0n) is 16.9. The molecular formula is C21H24Cl2N4O3. The van der Waals surface area contributed by atoms with Gasteiger partial charge in [0, 0.05) is 43.1 Å². The van der Waals surface area contributed by atoms with Crippen LogP contribution in [0.4, 0.5) is 5.69 Å². The molecule has 0 radical (unpaired) electrons. The monoisotopic (exact) mass is 450 g/mol. The van der Waals surface area contributed by atoms with Crippen molar-refractivity contribution in [2.45, 2.75) is 20.0 Å². The standard InChI is InChI=1S/C21H24Cl2N4O3/c1-14(2)30-21-18(23)11-15(12-25-21)20(29)24-13-19(28)27-9-7-26(8-10-27)17-5-3-16(22)4-6-17/h3-6,11-12,14H,7-10,13H2,1-2H3,(H,24,29). The molecule has 1 N–H and O–H groups in total. The Labute approximate surface area is 185 Å². The van der Waals surface area contributed by atoms with Crippen molar-refractivity contribution in [1.29, 1.82) is 0 Å². The number of nitrogens with zero attached hydrogens (tertiary/aromatic N) is 3. The maximum absolute atomic E-state index is 12.5. The largest absolute Gasteiger partial charge is 0.474 e. The summed E-state index contributed by atoms with van der Waals surface area (Å²) in [6, 6.07) is 9.13. The van der Waals surface area contributed by atoms with Gasteiger partial charge in [0.05, 0.1) is 18.2 Å². The normalized spacial score (nSPS) is 14.0. The number of carbonyl (C=O) groups is 2. The minimum atomic E-state index is -0.409. The maximum atomic E-state index is 12.5. The van der Waals surface area contributed by atoms with Gasteiger partial charge in [-0.25, -0.2) is 4.98 Å². The minimum Gasteiger partial charge on any atom is -0.474 e. The topological polar surface area (TPSA) is 74.8 Å². The number of rotatable bonds is 6. The third kappa shape index (κ3) is 5.77. The first-order valence-corrected chi connectivity index (χ1v) is 10.5. The van der Waals surface area contributed by atoms with Crippen LogP contribution >= 0.6 is 23.2 Å². The predicted octanol–water partition coefficient (Wildman–Crippen LogP) is 3.25. The van der Waals surface area contributed by atoms with Crippen LogP contribution in [0.5, 0.6) is 5.88 Å². The van der Waals surface area contributed by atoms with Crippen LogP contribution in [0.1, 0.15) is 24.2 Å². The van der Waals surface area contributed by atoms with E-state index >= 15 is 0 Å². The molecule has 2 heterocycles. The van der Waals surface area contributed by atoms with Crippen molar-refractivity contribution in [1.82, 2.24) is 15.2 Å². The van der Waals surface area contributed by atoms with Crippen molar-refractivity contribution in [3.8, 4) is 5.88 Å². The van der Waals surface area contributed by atoms with E-state index in [1.165, 1.54) is 12.3 Å². The Morgan fingerprint density at radius 1 is 1.13 bits per heavy atom. The van der Waals surface area contributed by atoms with Crippen molar-refractivity contribution in [3.05, 3.63) is 52.1 Å². The van der Waals surface area contributed by atoms with Gasteiger partial charge in [0.1, 0.15) is 5.02 Å². The smallest absolute Gasteiger partial charge is 0.253 e. The molecule has 0 bridgehead atoms. The molecule has 9 heteroatoms. The highest BCUT2D eigenvalue weighted by atomic mass is 35.5. The number of ether oxygens (including phenoxy) is 1. The van der Waals surface area contributed by atoms with Gasteiger partial charge in [-0.15, -0.1) is 0 Å². The lowest BCUT2D eigenvalue weighted by molar-refractivity contribution is -0.130. The van der Waals surface area contributed by atoms with Crippen LogP contribution in [0.2, 0.25) is 10.0 Å². The quantitative estimate of drug-likeness (QED) is 0.730. The molecule has 2 amide bonds. The Morgan fingerprint density at radius 3 is 2.40 bits per heavy atom. The molecule has 1 saturated heterocycles. The molecule has 160 valence electrons. The summed E-state index contributed by atoms with van der Waals surface area (Å²) in [6.45, 7) is 6.26. The highest BCUT2D eigenvalue weighted by molar-refractivity contribution is 6.32. The number of hydrogen-bond donors (Lipinski definition) is 1. The van der Waals surface area contributed by atoms with Crippen LogP contribution in [0.25, 0.3) is 0 Å². The molecule has 30 heavy (non-hydrogen) atoms. The highest BCUT2D eigenvalue weighted by Crippen LogP contribution is 2.23. The molecule has 0 atom stereocenters. The zero-order chi connectivity index (χ0) is 21.7. The fraction of sp³-hybridized carbons (Fsp3) is 0.381. The first kappa shape index (κ1) is 22.2. The number of amides is 2. The summed E-state index contributed by atoms with van der Waals surface area (Å²) in [4.78, 5) is 32.8. The number of nitrogens with one attached hydrogen (secondary N) is 1. The molecule has 0 spiro atoms. The Hall–Kier alpha value is -2.51. The Bertz CT molecular complexity index is 898. The zero-order valence-corrected chi connectivity index (χ0v) is 18.4. The third-order valence-corrected chi connectivity index (χ3v) is 5.16. The predicted molar refractivity (Wildman–Crippen MR) is 118 cm³/mol. The van der Waals surface area contributed by atoms with Gasteiger partial charge < -0.3 is 19.9 Å². The minimum absolute atomic E-state index is 0.0764. The van der Waals surface area contributed by atoms with Crippen molar-refractivity contribution < 1.29 is 14.3 Å². The lowest BCUT2D eigenvalue weighted by Gasteiger charge is -2.36. The summed E-state index contributed by atoms with van der Waals surface area (Å²) in [5.41, 5.74) is 1.35. The van der Waals surface area contributed by atoms with Crippen LogP contribution in [-0.4, -0.2) is 60.5 Å². The summed E-state index contributed by atoms with van der Waals surface area (Å²) < 4.78 is 5.46. The van der Waals surface area contributed by atoms with Gasteiger partial charge in [0.15, 0.2) is 0 Å². The summed E-state index contributed by atoms with van der Waals surface area (Å²) in [7, 11) is 0. The first-order valence-electron chi connectivity index (χ1n) is 9.72. The number of benzene rings is 1. The van der Waals surface area contributed by atoms with Crippen molar-refractivity contribution in [2.75, 3.05) is 37.6 Å². The van der Waals surface area contributed by atoms with Crippen LogP contribution < -0.4 is 15.0 Å². The fourth-order valence-electron chi connectivity index (χ4n) is 3.10. The molecule has 7 nitrogen and oxygen atoms in total. The van der Waals surface area contributed by atoms with E-state index in [1.54, 1.807) is 4.90 Å². The maximum Gasteiger partial charge on any atom is 0.253 e. The number of anilines is 1. The molecule has 0 unspecified atom stereocenters. The van der Waals surface area contributed by atoms with E-state index in [2.05, 4.69) is 15.2 Å². The lowest BCUT2D eigenvalue weighted by Crippen LogP contribution is -2.51. The average Bonchev–Trinajstić information content (AvgIpc) is 2.73. The van der Waals surface area contributed by atoms with Crippen LogP contribution in [-0.2, 0) is 4.79 Å². The van der Waals surface area contributed by atoms with Crippen LogP contribution in [0, 0.1) is 0 Å². The number of carbonyl (C=O) groups excluding carboxylic acids is 2. The SMILES string of the molecule is CC(C)Oc1ncc(C(=O)NCC(=O)N2CCN(c3ccc(Cl)cc3)CC2)cc1Cl. The second-order valence-electron chi connectivity index (χ2n) is 7.20. The van der Waals surface area contributed by atoms with E-state index in [9.17, 15) is 9.59 Å². The van der Waals surface area contributed by atoms with Gasteiger partial charge in [-0.3, -0.25) is 9.59 Å². The number of piperazine rings is 1. The molecule has 3 rings (SSSR count). The third-order valence-electron chi connectivity index (χ3n) is 4.64. The van der Waals surface area contributed by atoms with Gasteiger partial charge in [0.25, 0.3) is 5.91 Å². The lowest BCUT2D eigenvalue weighted by atomic mass is 10.2. The molecule has 0 saturated carbocycles. The van der Waals surface area contributed by atoms with E-state index in [4.69, 9.17) is 27.9 Å². The van der Waals surface area contributed by atoms with E-state index in [-0.39, 0.29) is 35.0 Å². The highest BCUT2D eigenvalue weighted by Gasteiger charge is 2.22. The van der Waals surface area contributed by atoms with E-state index in [0.29, 0.717) is 18.1 Å². The second kappa shape index (κ2) is 10.00. The number of pyridine rings is 1. The summed E-state index contributed by atoms with van der Waals surface area (Å²) in [6.07, 6.45) is 1.31. The summed E-state index contributed by atoms with van der Waals surface area (Å²) in [5, 5.41) is 3.58. The molecule has 0 aliphatic carbocycles. The Kier molecular flexibility index (Phi) is 7.39. The molecule has 2 aromatic rings. The van der Waals surface area contributed by atoms with Gasteiger partial charge in [-0.2, -0.15) is 0 Å². The fourth-order valence-corrected chi connectivity index (χ4v) is 3.43. The number of aromatic nitrogens is 1. The molecule has 1 aromatic carbocycles. The Balaban J connectivity index is 1.48. The van der Waals surface area contributed by atoms with Crippen molar-refractivity contribution in [3.63, 3.8) is 0 Å². The van der Waals surface area contributed by atoms with E-state index in [1.807, 2.05) is 38.1 Å². The van der Waals surface area contributed by atoms with Gasteiger partial charge in [-0.1, -0.05) is 23.2 Å².